The first-order valence-electron chi connectivity index (χ1n) is 5.66. The molecule has 0 saturated carbocycles. The van der Waals surface area contributed by atoms with Crippen molar-refractivity contribution < 1.29 is 14.7 Å². The van der Waals surface area contributed by atoms with Crippen LogP contribution >= 0.6 is 0 Å². The quantitative estimate of drug-likeness (QED) is 0.752. The summed E-state index contributed by atoms with van der Waals surface area (Å²) in [5.41, 5.74) is 0. The maximum atomic E-state index is 11.9. The number of rotatable bonds is 3. The monoisotopic (exact) mass is 228 g/mol. The van der Waals surface area contributed by atoms with Crippen LogP contribution in [0.4, 0.5) is 0 Å². The van der Waals surface area contributed by atoms with E-state index in [2.05, 4.69) is 0 Å². The van der Waals surface area contributed by atoms with Crippen LogP contribution in [-0.2, 0) is 9.59 Å². The lowest BCUT2D eigenvalue weighted by atomic mass is 10.1. The molecule has 0 radical (unpaired) electrons. The van der Waals surface area contributed by atoms with Crippen LogP contribution in [0.2, 0.25) is 0 Å². The zero-order valence-electron chi connectivity index (χ0n) is 10.1. The molecule has 0 aromatic carbocycles. The zero-order valence-corrected chi connectivity index (χ0v) is 10.1. The predicted molar refractivity (Wildman–Crippen MR) is 60.1 cm³/mol. The minimum Gasteiger partial charge on any atom is -0.481 e. The summed E-state index contributed by atoms with van der Waals surface area (Å²) in [7, 11) is 1.79. The second kappa shape index (κ2) is 5.30. The van der Waals surface area contributed by atoms with Crippen molar-refractivity contribution in [1.29, 1.82) is 0 Å². The summed E-state index contributed by atoms with van der Waals surface area (Å²) in [4.78, 5) is 26.4. The molecule has 0 bridgehead atoms. The largest absolute Gasteiger partial charge is 0.481 e. The Balaban J connectivity index is 2.82. The van der Waals surface area contributed by atoms with E-state index in [4.69, 9.17) is 5.11 Å². The number of nitrogens with zero attached hydrogens (tertiary/aromatic N) is 2. The predicted octanol–water partition coefficient (Wildman–Crippen LogP) is 0.260. The lowest BCUT2D eigenvalue weighted by molar-refractivity contribution is -0.143. The fourth-order valence-corrected chi connectivity index (χ4v) is 1.96. The third-order valence-corrected chi connectivity index (χ3v) is 3.15. The van der Waals surface area contributed by atoms with E-state index in [1.54, 1.807) is 16.8 Å². The number of carboxylic acid groups (broad SMARTS) is 1. The van der Waals surface area contributed by atoms with Crippen LogP contribution in [-0.4, -0.2) is 59.5 Å². The van der Waals surface area contributed by atoms with Crippen LogP contribution in [0.15, 0.2) is 0 Å². The molecule has 5 heteroatoms. The third kappa shape index (κ3) is 2.95. The molecule has 1 amide bonds. The molecule has 1 saturated heterocycles. The average molecular weight is 228 g/mol. The summed E-state index contributed by atoms with van der Waals surface area (Å²) in [5.74, 6) is -1.28. The van der Waals surface area contributed by atoms with Gasteiger partial charge in [-0.05, 0) is 20.4 Å². The molecule has 1 rings (SSSR count). The fourth-order valence-electron chi connectivity index (χ4n) is 1.96. The Morgan fingerprint density at radius 3 is 2.69 bits per heavy atom. The van der Waals surface area contributed by atoms with E-state index in [-0.39, 0.29) is 11.9 Å². The van der Waals surface area contributed by atoms with Crippen molar-refractivity contribution in [2.45, 2.75) is 26.3 Å². The molecule has 0 spiro atoms. The molecule has 92 valence electrons. The van der Waals surface area contributed by atoms with Crippen LogP contribution in [0.1, 0.15) is 20.3 Å². The van der Waals surface area contributed by atoms with Gasteiger partial charge in [0.25, 0.3) is 0 Å². The lowest BCUT2D eigenvalue weighted by Gasteiger charge is -2.28. The number of carbonyl (C=O) groups excluding carboxylic acids is 1. The summed E-state index contributed by atoms with van der Waals surface area (Å²) in [6.45, 7) is 5.04. The Labute approximate surface area is 96.0 Å². The van der Waals surface area contributed by atoms with E-state index in [1.807, 2.05) is 13.8 Å². The maximum Gasteiger partial charge on any atom is 0.309 e. The summed E-state index contributed by atoms with van der Waals surface area (Å²) in [6.07, 6.45) is 0.849. The molecule has 2 unspecified atom stereocenters. The van der Waals surface area contributed by atoms with Gasteiger partial charge in [-0.1, -0.05) is 6.92 Å². The Morgan fingerprint density at radius 1 is 1.56 bits per heavy atom. The Morgan fingerprint density at radius 2 is 2.19 bits per heavy atom. The fraction of sp³-hybridized carbons (Fsp3) is 0.818. The number of carbonyl (C=O) groups is 2. The normalized spacial score (nSPS) is 25.3. The topological polar surface area (TPSA) is 60.9 Å². The summed E-state index contributed by atoms with van der Waals surface area (Å²) in [6, 6.07) is 0.112. The minimum absolute atomic E-state index is 0.0283. The molecule has 1 fully saturated rings. The summed E-state index contributed by atoms with van der Waals surface area (Å²) >= 11 is 0. The van der Waals surface area contributed by atoms with Gasteiger partial charge in [0.15, 0.2) is 0 Å². The van der Waals surface area contributed by atoms with E-state index >= 15 is 0 Å². The maximum absolute atomic E-state index is 11.9. The van der Waals surface area contributed by atoms with Gasteiger partial charge in [-0.3, -0.25) is 14.5 Å². The van der Waals surface area contributed by atoms with Crippen molar-refractivity contribution in [3.05, 3.63) is 0 Å². The smallest absolute Gasteiger partial charge is 0.309 e. The van der Waals surface area contributed by atoms with Gasteiger partial charge >= 0.3 is 5.97 Å². The summed E-state index contributed by atoms with van der Waals surface area (Å²) < 4.78 is 0. The molecule has 0 aromatic rings. The van der Waals surface area contributed by atoms with Crippen molar-refractivity contribution in [3.8, 4) is 0 Å². The van der Waals surface area contributed by atoms with Crippen LogP contribution in [0.5, 0.6) is 0 Å². The number of carboxylic acids is 1. The van der Waals surface area contributed by atoms with E-state index in [1.165, 1.54) is 0 Å². The average Bonchev–Trinajstić information content (AvgIpc) is 2.36. The van der Waals surface area contributed by atoms with Crippen LogP contribution in [0.25, 0.3) is 0 Å². The number of hydrogen-bond donors (Lipinski definition) is 1. The molecule has 1 heterocycles. The highest BCUT2D eigenvalue weighted by atomic mass is 16.4. The highest BCUT2D eigenvalue weighted by Crippen LogP contribution is 2.14. The first-order valence-corrected chi connectivity index (χ1v) is 5.66. The number of aliphatic carboxylic acids is 1. The Hall–Kier alpha value is -1.10. The van der Waals surface area contributed by atoms with Gasteiger partial charge < -0.3 is 10.0 Å². The van der Waals surface area contributed by atoms with Crippen molar-refractivity contribution in [2.75, 3.05) is 26.7 Å². The van der Waals surface area contributed by atoms with Crippen molar-refractivity contribution in [2.24, 2.45) is 5.92 Å². The van der Waals surface area contributed by atoms with E-state index in [9.17, 15) is 9.59 Å². The van der Waals surface area contributed by atoms with E-state index in [0.29, 0.717) is 19.6 Å². The van der Waals surface area contributed by atoms with Crippen LogP contribution < -0.4 is 0 Å². The van der Waals surface area contributed by atoms with Gasteiger partial charge in [-0.15, -0.1) is 0 Å². The number of hydrogen-bond acceptors (Lipinski definition) is 3. The molecule has 1 N–H and O–H groups in total. The first-order chi connectivity index (χ1) is 7.45. The van der Waals surface area contributed by atoms with Gasteiger partial charge in [0.2, 0.25) is 5.91 Å². The van der Waals surface area contributed by atoms with Crippen molar-refractivity contribution >= 4 is 11.9 Å². The lowest BCUT2D eigenvalue weighted by Crippen LogP contribution is -2.42. The van der Waals surface area contributed by atoms with Gasteiger partial charge in [0.1, 0.15) is 0 Å². The van der Waals surface area contributed by atoms with Crippen LogP contribution in [0, 0.1) is 5.92 Å². The highest BCUT2D eigenvalue weighted by Gasteiger charge is 2.31. The molecular weight excluding hydrogens is 208 g/mol. The third-order valence-electron chi connectivity index (χ3n) is 3.15. The number of amides is 1. The van der Waals surface area contributed by atoms with Crippen molar-refractivity contribution in [3.63, 3.8) is 0 Å². The molecule has 16 heavy (non-hydrogen) atoms. The van der Waals surface area contributed by atoms with E-state index < -0.39 is 11.9 Å². The molecule has 5 nitrogen and oxygen atoms in total. The van der Waals surface area contributed by atoms with Crippen molar-refractivity contribution in [1.82, 2.24) is 9.80 Å². The SMILES string of the molecule is CCC(C)N1CC(C(=O)O)CN(C)CC1=O. The molecule has 2 atom stereocenters. The Kier molecular flexibility index (Phi) is 4.29. The second-order valence-corrected chi connectivity index (χ2v) is 4.54. The molecule has 1 aliphatic heterocycles. The van der Waals surface area contributed by atoms with Gasteiger partial charge in [0, 0.05) is 19.1 Å². The van der Waals surface area contributed by atoms with E-state index in [0.717, 1.165) is 6.42 Å². The first kappa shape index (κ1) is 13.0. The number of likely N-dealkylation sites (N-methyl/N-ethyl adjacent to an activating group) is 1. The highest BCUT2D eigenvalue weighted by molar-refractivity contribution is 5.80. The summed E-state index contributed by atoms with van der Waals surface area (Å²) in [5, 5.41) is 9.07. The zero-order chi connectivity index (χ0) is 12.3. The minimum atomic E-state index is -0.824. The van der Waals surface area contributed by atoms with Gasteiger partial charge in [0.05, 0.1) is 12.5 Å². The van der Waals surface area contributed by atoms with Gasteiger partial charge in [-0.25, -0.2) is 0 Å². The van der Waals surface area contributed by atoms with Crippen LogP contribution in [0.3, 0.4) is 0 Å². The molecule has 0 aromatic heterocycles. The molecule has 0 aliphatic carbocycles. The molecular formula is C11H20N2O3. The standard InChI is InChI=1S/C11H20N2O3/c1-4-8(2)13-6-9(11(15)16)5-12(3)7-10(13)14/h8-9H,4-7H2,1-3H3,(H,15,16). The Bertz CT molecular complexity index is 280. The second-order valence-electron chi connectivity index (χ2n) is 4.54. The van der Waals surface area contributed by atoms with Gasteiger partial charge in [-0.2, -0.15) is 0 Å². The molecule has 1 aliphatic rings.